The number of carbonyl (C=O) groups is 2. The summed E-state index contributed by atoms with van der Waals surface area (Å²) in [5.74, 6) is -0.527. The minimum Gasteiger partial charge on any atom is -0.356 e. The van der Waals surface area contributed by atoms with Gasteiger partial charge in [0.05, 0.1) is 0 Å². The van der Waals surface area contributed by atoms with Crippen LogP contribution < -0.4 is 10.6 Å². The van der Waals surface area contributed by atoms with Crippen LogP contribution in [-0.2, 0) is 9.59 Å². The van der Waals surface area contributed by atoms with Crippen LogP contribution in [0.4, 0.5) is 5.69 Å². The molecule has 0 aliphatic carbocycles. The second-order valence-electron chi connectivity index (χ2n) is 5.61. The Labute approximate surface area is 126 Å². The van der Waals surface area contributed by atoms with E-state index in [1.807, 2.05) is 46.1 Å². The Balaban J connectivity index is 2.34. The topological polar surface area (TPSA) is 61.4 Å². The number of carbonyl (C=O) groups excluding carboxylic acids is 2. The molecule has 0 saturated heterocycles. The van der Waals surface area contributed by atoms with E-state index in [0.29, 0.717) is 6.54 Å². The van der Waals surface area contributed by atoms with Crippen LogP contribution in [0.15, 0.2) is 18.2 Å². The monoisotopic (exact) mass is 291 g/mol. The van der Waals surface area contributed by atoms with Gasteiger partial charge in [-0.05, 0) is 64.2 Å². The number of nitrogens with one attached hydrogen (secondary N) is 2. The molecule has 0 radical (unpaired) electrons. The Bertz CT molecular complexity index is 478. The number of nitrogens with zero attached hydrogens (tertiary/aromatic N) is 1. The van der Waals surface area contributed by atoms with Crippen molar-refractivity contribution in [2.24, 2.45) is 0 Å². The van der Waals surface area contributed by atoms with Gasteiger partial charge in [-0.15, -0.1) is 0 Å². The van der Waals surface area contributed by atoms with Gasteiger partial charge in [-0.1, -0.05) is 6.07 Å². The molecule has 0 aliphatic rings. The third kappa shape index (κ3) is 7.46. The molecular weight excluding hydrogens is 266 g/mol. The minimum atomic E-state index is -0.287. The highest BCUT2D eigenvalue weighted by Gasteiger charge is 2.09. The standard InChI is InChI=1S/C16H25N3O2/c1-12-8-13(2)10-14(9-12)18-16(21)11-15(20)17-6-5-7-19(3)4/h8-10H,5-7,11H2,1-4H3,(H,17,20)(H,18,21). The number of hydrogen-bond donors (Lipinski definition) is 2. The highest BCUT2D eigenvalue weighted by Crippen LogP contribution is 2.13. The second-order valence-corrected chi connectivity index (χ2v) is 5.61. The van der Waals surface area contributed by atoms with Gasteiger partial charge in [-0.25, -0.2) is 0 Å². The van der Waals surface area contributed by atoms with Gasteiger partial charge in [0, 0.05) is 12.2 Å². The molecule has 0 unspecified atom stereocenters. The van der Waals surface area contributed by atoms with Gasteiger partial charge in [0.25, 0.3) is 0 Å². The van der Waals surface area contributed by atoms with Crippen molar-refractivity contribution in [2.45, 2.75) is 26.7 Å². The van der Waals surface area contributed by atoms with Crippen LogP contribution in [0.3, 0.4) is 0 Å². The van der Waals surface area contributed by atoms with E-state index in [1.165, 1.54) is 0 Å². The molecule has 2 amide bonds. The zero-order chi connectivity index (χ0) is 15.8. The van der Waals surface area contributed by atoms with Crippen LogP contribution >= 0.6 is 0 Å². The maximum absolute atomic E-state index is 11.8. The number of benzene rings is 1. The molecule has 0 heterocycles. The van der Waals surface area contributed by atoms with Crippen molar-refractivity contribution in [1.82, 2.24) is 10.2 Å². The molecule has 1 aromatic rings. The van der Waals surface area contributed by atoms with Gasteiger partial charge in [0.15, 0.2) is 0 Å². The molecule has 5 heteroatoms. The van der Waals surface area contributed by atoms with Gasteiger partial charge in [-0.2, -0.15) is 0 Å². The lowest BCUT2D eigenvalue weighted by Gasteiger charge is -2.10. The van der Waals surface area contributed by atoms with Crippen molar-refractivity contribution in [3.63, 3.8) is 0 Å². The summed E-state index contributed by atoms with van der Waals surface area (Å²) in [5.41, 5.74) is 2.90. The number of rotatable bonds is 7. The summed E-state index contributed by atoms with van der Waals surface area (Å²) in [7, 11) is 3.97. The van der Waals surface area contributed by atoms with Crippen LogP contribution in [-0.4, -0.2) is 43.9 Å². The number of aryl methyl sites for hydroxylation is 2. The summed E-state index contributed by atoms with van der Waals surface area (Å²) in [6, 6.07) is 5.81. The molecule has 1 aromatic carbocycles. The third-order valence-electron chi connectivity index (χ3n) is 2.93. The fourth-order valence-corrected chi connectivity index (χ4v) is 2.08. The lowest BCUT2D eigenvalue weighted by Crippen LogP contribution is -2.30. The molecular formula is C16H25N3O2. The highest BCUT2D eigenvalue weighted by atomic mass is 16.2. The fraction of sp³-hybridized carbons (Fsp3) is 0.500. The lowest BCUT2D eigenvalue weighted by molar-refractivity contribution is -0.126. The summed E-state index contributed by atoms with van der Waals surface area (Å²) >= 11 is 0. The zero-order valence-electron chi connectivity index (χ0n) is 13.3. The second kappa shape index (κ2) is 8.42. The number of hydrogen-bond acceptors (Lipinski definition) is 3. The van der Waals surface area contributed by atoms with Crippen molar-refractivity contribution in [3.8, 4) is 0 Å². The largest absolute Gasteiger partial charge is 0.356 e. The van der Waals surface area contributed by atoms with Crippen LogP contribution in [0.25, 0.3) is 0 Å². The minimum absolute atomic E-state index is 0.144. The van der Waals surface area contributed by atoms with E-state index in [2.05, 4.69) is 15.5 Å². The van der Waals surface area contributed by atoms with Gasteiger partial charge >= 0.3 is 0 Å². The molecule has 116 valence electrons. The van der Waals surface area contributed by atoms with E-state index in [1.54, 1.807) is 0 Å². The predicted octanol–water partition coefficient (Wildman–Crippen LogP) is 1.70. The fourth-order valence-electron chi connectivity index (χ4n) is 2.08. The van der Waals surface area contributed by atoms with E-state index in [9.17, 15) is 9.59 Å². The Kier molecular flexibility index (Phi) is 6.88. The first-order valence-electron chi connectivity index (χ1n) is 7.16. The predicted molar refractivity (Wildman–Crippen MR) is 85.3 cm³/mol. The molecule has 21 heavy (non-hydrogen) atoms. The van der Waals surface area contributed by atoms with Gasteiger partial charge in [0.2, 0.25) is 11.8 Å². The van der Waals surface area contributed by atoms with Crippen LogP contribution in [0.1, 0.15) is 24.0 Å². The normalized spacial score (nSPS) is 10.5. The molecule has 0 atom stereocenters. The Hall–Kier alpha value is -1.88. The summed E-state index contributed by atoms with van der Waals surface area (Å²) < 4.78 is 0. The Morgan fingerprint density at radius 1 is 1.05 bits per heavy atom. The average molecular weight is 291 g/mol. The van der Waals surface area contributed by atoms with E-state index in [4.69, 9.17) is 0 Å². The number of anilines is 1. The van der Waals surface area contributed by atoms with Crippen LogP contribution in [0.5, 0.6) is 0 Å². The molecule has 0 spiro atoms. The lowest BCUT2D eigenvalue weighted by atomic mass is 10.1. The molecule has 5 nitrogen and oxygen atoms in total. The molecule has 0 saturated carbocycles. The molecule has 1 rings (SSSR count). The van der Waals surface area contributed by atoms with E-state index in [0.717, 1.165) is 29.8 Å². The van der Waals surface area contributed by atoms with Crippen molar-refractivity contribution in [2.75, 3.05) is 32.5 Å². The van der Waals surface area contributed by atoms with Crippen molar-refractivity contribution in [1.29, 1.82) is 0 Å². The third-order valence-corrected chi connectivity index (χ3v) is 2.93. The Morgan fingerprint density at radius 2 is 1.67 bits per heavy atom. The van der Waals surface area contributed by atoms with Gasteiger partial charge in [-0.3, -0.25) is 9.59 Å². The summed E-state index contributed by atoms with van der Waals surface area (Å²) in [4.78, 5) is 25.5. The van der Waals surface area contributed by atoms with Crippen LogP contribution in [0, 0.1) is 13.8 Å². The van der Waals surface area contributed by atoms with E-state index in [-0.39, 0.29) is 18.2 Å². The van der Waals surface area contributed by atoms with Gasteiger partial charge in [0.1, 0.15) is 6.42 Å². The summed E-state index contributed by atoms with van der Waals surface area (Å²) in [6.07, 6.45) is 0.729. The number of amides is 2. The first-order chi connectivity index (χ1) is 9.86. The molecule has 0 fully saturated rings. The smallest absolute Gasteiger partial charge is 0.233 e. The quantitative estimate of drug-likeness (QED) is 0.594. The summed E-state index contributed by atoms with van der Waals surface area (Å²) in [5, 5.41) is 5.51. The molecule has 0 aromatic heterocycles. The maximum Gasteiger partial charge on any atom is 0.233 e. The first kappa shape index (κ1) is 17.2. The van der Waals surface area contributed by atoms with E-state index < -0.39 is 0 Å². The summed E-state index contributed by atoms with van der Waals surface area (Å²) in [6.45, 7) is 5.45. The van der Waals surface area contributed by atoms with Crippen molar-refractivity contribution in [3.05, 3.63) is 29.3 Å². The Morgan fingerprint density at radius 3 is 2.24 bits per heavy atom. The SMILES string of the molecule is Cc1cc(C)cc(NC(=O)CC(=O)NCCCN(C)C)c1. The molecule has 2 N–H and O–H groups in total. The zero-order valence-corrected chi connectivity index (χ0v) is 13.3. The van der Waals surface area contributed by atoms with Crippen molar-refractivity contribution < 1.29 is 9.59 Å². The van der Waals surface area contributed by atoms with E-state index >= 15 is 0 Å². The van der Waals surface area contributed by atoms with Crippen LogP contribution in [0.2, 0.25) is 0 Å². The van der Waals surface area contributed by atoms with Gasteiger partial charge < -0.3 is 15.5 Å². The molecule has 0 bridgehead atoms. The maximum atomic E-state index is 11.8. The average Bonchev–Trinajstić information content (AvgIpc) is 2.32. The van der Waals surface area contributed by atoms with Crippen molar-refractivity contribution >= 4 is 17.5 Å². The molecule has 0 aliphatic heterocycles. The highest BCUT2D eigenvalue weighted by molar-refractivity contribution is 6.03. The first-order valence-corrected chi connectivity index (χ1v) is 7.16.